The minimum Gasteiger partial charge on any atom is -0.478 e. The molecule has 0 heterocycles. The third-order valence-electron chi connectivity index (χ3n) is 3.82. The topological polar surface area (TPSA) is 92.7 Å². The van der Waals surface area contributed by atoms with Crippen LogP contribution in [0.3, 0.4) is 0 Å². The summed E-state index contributed by atoms with van der Waals surface area (Å²) in [7, 11) is 0. The van der Waals surface area contributed by atoms with E-state index in [1.807, 2.05) is 6.92 Å². The number of amides is 1. The van der Waals surface area contributed by atoms with E-state index in [2.05, 4.69) is 69.0 Å². The highest BCUT2D eigenvalue weighted by Gasteiger charge is 2.28. The van der Waals surface area contributed by atoms with Gasteiger partial charge in [0.15, 0.2) is 0 Å². The van der Waals surface area contributed by atoms with Crippen molar-refractivity contribution in [3.8, 4) is 0 Å². The molecule has 2 aromatic rings. The minimum absolute atomic E-state index is 0.0532. The molecule has 0 bridgehead atoms. The quantitative estimate of drug-likeness (QED) is 0.151. The molecule has 0 aliphatic heterocycles. The number of carbonyl (C=O) groups excluding carboxylic acids is 2. The van der Waals surface area contributed by atoms with Crippen LogP contribution in [0.15, 0.2) is 42.2 Å². The Morgan fingerprint density at radius 1 is 0.931 bits per heavy atom. The van der Waals surface area contributed by atoms with Crippen LogP contribution in [0.5, 0.6) is 0 Å². The molecule has 154 valence electrons. The number of esters is 1. The summed E-state index contributed by atoms with van der Waals surface area (Å²) in [5.74, 6) is -2.32. The van der Waals surface area contributed by atoms with Gasteiger partial charge in [0, 0.05) is 23.6 Å². The third kappa shape index (κ3) is 5.68. The van der Waals surface area contributed by atoms with Crippen molar-refractivity contribution >= 4 is 87.3 Å². The second-order valence-electron chi connectivity index (χ2n) is 5.83. The van der Waals surface area contributed by atoms with Gasteiger partial charge >= 0.3 is 11.9 Å². The molecule has 2 rings (SSSR count). The van der Waals surface area contributed by atoms with Crippen LogP contribution in [0.1, 0.15) is 50.8 Å². The minimum atomic E-state index is -1.26. The van der Waals surface area contributed by atoms with Gasteiger partial charge in [0.25, 0.3) is 5.91 Å². The number of ether oxygens (including phenoxy) is 1. The summed E-state index contributed by atoms with van der Waals surface area (Å²) < 4.78 is 6.62. The van der Waals surface area contributed by atoms with Gasteiger partial charge in [-0.05, 0) is 94.4 Å². The lowest BCUT2D eigenvalue weighted by molar-refractivity contribution is 0.0499. The SMILES string of the molecule is CCCCOC(=O)c1ccc(NC(=O)c2c(Br)c(Br)c(Br)c(Br)c2C(=O)O)cc1. The van der Waals surface area contributed by atoms with Crippen molar-refractivity contribution in [3.05, 3.63) is 58.8 Å². The molecule has 1 amide bonds. The Hall–Kier alpha value is -1.23. The van der Waals surface area contributed by atoms with Gasteiger partial charge in [-0.1, -0.05) is 13.3 Å². The van der Waals surface area contributed by atoms with Gasteiger partial charge in [0.1, 0.15) is 0 Å². The Morgan fingerprint density at radius 3 is 2.00 bits per heavy atom. The summed E-state index contributed by atoms with van der Waals surface area (Å²) >= 11 is 13.1. The molecule has 0 unspecified atom stereocenters. The van der Waals surface area contributed by atoms with Crippen LogP contribution in [-0.4, -0.2) is 29.6 Å². The zero-order valence-corrected chi connectivity index (χ0v) is 21.4. The van der Waals surface area contributed by atoms with Crippen molar-refractivity contribution in [2.75, 3.05) is 11.9 Å². The molecule has 2 aromatic carbocycles. The van der Waals surface area contributed by atoms with E-state index < -0.39 is 17.8 Å². The van der Waals surface area contributed by atoms with Gasteiger partial charge in [0.2, 0.25) is 0 Å². The Kier molecular flexibility index (Phi) is 8.87. The van der Waals surface area contributed by atoms with E-state index in [0.717, 1.165) is 12.8 Å². The fraction of sp³-hybridized carbons (Fsp3) is 0.211. The second-order valence-corrected chi connectivity index (χ2v) is 9.00. The second kappa shape index (κ2) is 10.7. The number of hydrogen-bond acceptors (Lipinski definition) is 4. The number of carboxylic acids is 1. The van der Waals surface area contributed by atoms with Crippen LogP contribution in [-0.2, 0) is 4.74 Å². The maximum absolute atomic E-state index is 12.8. The number of rotatable bonds is 7. The van der Waals surface area contributed by atoms with Crippen LogP contribution < -0.4 is 5.32 Å². The fourth-order valence-corrected chi connectivity index (χ4v) is 4.79. The van der Waals surface area contributed by atoms with Gasteiger partial charge in [-0.3, -0.25) is 4.79 Å². The molecular weight excluding hydrogens is 642 g/mol. The highest BCUT2D eigenvalue weighted by molar-refractivity contribution is 9.15. The number of benzene rings is 2. The standard InChI is InChI=1S/C19H15Br4NO5/c1-2-3-8-29-19(28)9-4-6-10(7-5-9)24-17(25)11-12(18(26)27)14(21)16(23)15(22)13(11)20/h4-7H,2-3,8H2,1H3,(H,24,25)(H,26,27). The van der Waals surface area contributed by atoms with Gasteiger partial charge < -0.3 is 15.2 Å². The van der Waals surface area contributed by atoms with Crippen molar-refractivity contribution in [2.45, 2.75) is 19.8 Å². The number of unbranched alkanes of at least 4 members (excludes halogenated alkanes) is 1. The van der Waals surface area contributed by atoms with E-state index in [9.17, 15) is 19.5 Å². The van der Waals surface area contributed by atoms with E-state index in [-0.39, 0.29) is 15.6 Å². The molecule has 0 saturated carbocycles. The number of carboxylic acid groups (broad SMARTS) is 1. The van der Waals surface area contributed by atoms with Crippen molar-refractivity contribution in [2.24, 2.45) is 0 Å². The van der Waals surface area contributed by atoms with Crippen LogP contribution in [0.2, 0.25) is 0 Å². The lowest BCUT2D eigenvalue weighted by Crippen LogP contribution is -2.18. The first kappa shape index (κ1) is 24.0. The molecule has 0 saturated heterocycles. The molecule has 0 aromatic heterocycles. The number of halogens is 4. The Balaban J connectivity index is 2.27. The molecule has 0 atom stereocenters. The maximum Gasteiger partial charge on any atom is 0.338 e. The first-order valence-corrected chi connectivity index (χ1v) is 11.5. The molecule has 10 heteroatoms. The van der Waals surface area contributed by atoms with E-state index >= 15 is 0 Å². The number of aromatic carboxylic acids is 1. The van der Waals surface area contributed by atoms with Crippen LogP contribution in [0.4, 0.5) is 5.69 Å². The average molecular weight is 657 g/mol. The molecule has 0 aliphatic carbocycles. The largest absolute Gasteiger partial charge is 0.478 e. The molecule has 0 aliphatic rings. The molecular formula is C19H15Br4NO5. The molecule has 0 fully saturated rings. The highest BCUT2D eigenvalue weighted by atomic mass is 79.9. The van der Waals surface area contributed by atoms with Crippen molar-refractivity contribution in [3.63, 3.8) is 0 Å². The Labute approximate surface area is 200 Å². The van der Waals surface area contributed by atoms with Gasteiger partial charge in [-0.15, -0.1) is 0 Å². The summed E-state index contributed by atoms with van der Waals surface area (Å²) in [4.78, 5) is 36.5. The number of nitrogens with one attached hydrogen (secondary N) is 1. The zero-order chi connectivity index (χ0) is 21.7. The lowest BCUT2D eigenvalue weighted by Gasteiger charge is -2.15. The van der Waals surface area contributed by atoms with E-state index in [0.29, 0.717) is 31.3 Å². The molecule has 2 N–H and O–H groups in total. The Morgan fingerprint density at radius 2 is 1.48 bits per heavy atom. The van der Waals surface area contributed by atoms with Gasteiger partial charge in [-0.25, -0.2) is 9.59 Å². The number of anilines is 1. The number of carbonyl (C=O) groups is 3. The lowest BCUT2D eigenvalue weighted by atomic mass is 10.1. The van der Waals surface area contributed by atoms with Crippen LogP contribution >= 0.6 is 63.7 Å². The van der Waals surface area contributed by atoms with Crippen LogP contribution in [0, 0.1) is 0 Å². The fourth-order valence-electron chi connectivity index (χ4n) is 2.32. The summed E-state index contributed by atoms with van der Waals surface area (Å²) in [6.07, 6.45) is 1.72. The Bertz CT molecular complexity index is 960. The predicted molar refractivity (Wildman–Crippen MR) is 124 cm³/mol. The van der Waals surface area contributed by atoms with Gasteiger partial charge in [-0.2, -0.15) is 0 Å². The normalized spacial score (nSPS) is 10.5. The van der Waals surface area contributed by atoms with E-state index in [1.165, 1.54) is 12.1 Å². The summed E-state index contributed by atoms with van der Waals surface area (Å²) in [6.45, 7) is 2.36. The van der Waals surface area contributed by atoms with E-state index in [4.69, 9.17) is 4.74 Å². The average Bonchev–Trinajstić information content (AvgIpc) is 2.69. The van der Waals surface area contributed by atoms with Crippen molar-refractivity contribution < 1.29 is 24.2 Å². The molecule has 0 radical (unpaired) electrons. The zero-order valence-electron chi connectivity index (χ0n) is 15.0. The summed E-state index contributed by atoms with van der Waals surface area (Å²) in [5.41, 5.74) is 0.516. The van der Waals surface area contributed by atoms with Crippen LogP contribution in [0.25, 0.3) is 0 Å². The highest BCUT2D eigenvalue weighted by Crippen LogP contribution is 2.42. The molecule has 6 nitrogen and oxygen atoms in total. The monoisotopic (exact) mass is 653 g/mol. The first-order valence-electron chi connectivity index (χ1n) is 8.36. The summed E-state index contributed by atoms with van der Waals surface area (Å²) in [5, 5.41) is 12.2. The maximum atomic E-state index is 12.8. The predicted octanol–water partition coefficient (Wildman–Crippen LogP) is 6.64. The third-order valence-corrected chi connectivity index (χ3v) is 8.59. The smallest absolute Gasteiger partial charge is 0.338 e. The first-order chi connectivity index (χ1) is 13.7. The van der Waals surface area contributed by atoms with Crippen molar-refractivity contribution in [1.29, 1.82) is 0 Å². The van der Waals surface area contributed by atoms with Gasteiger partial charge in [0.05, 0.1) is 23.3 Å². The molecule has 29 heavy (non-hydrogen) atoms. The summed E-state index contributed by atoms with van der Waals surface area (Å²) in [6, 6.07) is 6.16. The number of hydrogen-bond donors (Lipinski definition) is 2. The van der Waals surface area contributed by atoms with E-state index in [1.54, 1.807) is 12.1 Å². The van der Waals surface area contributed by atoms with Crippen molar-refractivity contribution in [1.82, 2.24) is 0 Å². The molecule has 0 spiro atoms.